The fraction of sp³-hybridized carbons (Fsp3) is 0.500. The number of sulfonamides is 1. The maximum Gasteiger partial charge on any atom is 0.304 e. The van der Waals surface area contributed by atoms with Gasteiger partial charge in [0.05, 0.1) is 9.82 Å². The highest BCUT2D eigenvalue weighted by atomic mass is 32.2. The fourth-order valence-corrected chi connectivity index (χ4v) is 3.58. The van der Waals surface area contributed by atoms with Crippen molar-refractivity contribution in [1.29, 1.82) is 0 Å². The van der Waals surface area contributed by atoms with Gasteiger partial charge in [-0.1, -0.05) is 13.8 Å². The molecule has 1 atom stereocenters. The molecular formula is C12H17FN2O4S. The molecule has 0 aliphatic rings. The summed E-state index contributed by atoms with van der Waals surface area (Å²) < 4.78 is 39.6. The zero-order valence-electron chi connectivity index (χ0n) is 11.5. The van der Waals surface area contributed by atoms with Crippen molar-refractivity contribution in [2.24, 2.45) is 0 Å². The molecule has 1 aromatic carbocycles. The molecule has 6 nitrogen and oxygen atoms in total. The maximum absolute atomic E-state index is 13.6. The standard InChI is InChI=1S/C12H17FN2O4S/c1-4-9(3)14(5-2)20(18,19)10-6-7-12(15(16)17)11(13)8-10/h6-9H,4-5H2,1-3H3. The van der Waals surface area contributed by atoms with Crippen molar-refractivity contribution in [2.75, 3.05) is 6.54 Å². The Kier molecular flexibility index (Phi) is 5.18. The first-order chi connectivity index (χ1) is 9.25. The lowest BCUT2D eigenvalue weighted by molar-refractivity contribution is -0.387. The molecule has 0 aliphatic carbocycles. The van der Waals surface area contributed by atoms with Gasteiger partial charge in [0.2, 0.25) is 15.8 Å². The van der Waals surface area contributed by atoms with E-state index in [4.69, 9.17) is 0 Å². The minimum Gasteiger partial charge on any atom is -0.258 e. The number of halogens is 1. The molecular weight excluding hydrogens is 287 g/mol. The molecule has 0 fully saturated rings. The molecule has 0 heterocycles. The Morgan fingerprint density at radius 3 is 2.40 bits per heavy atom. The summed E-state index contributed by atoms with van der Waals surface area (Å²) in [6, 6.07) is 2.38. The van der Waals surface area contributed by atoms with E-state index in [1.54, 1.807) is 13.8 Å². The summed E-state index contributed by atoms with van der Waals surface area (Å²) in [7, 11) is -3.86. The van der Waals surface area contributed by atoms with E-state index in [2.05, 4.69) is 0 Å². The molecule has 0 radical (unpaired) electrons. The van der Waals surface area contributed by atoms with E-state index in [1.807, 2.05) is 6.92 Å². The number of hydrogen-bond acceptors (Lipinski definition) is 4. The lowest BCUT2D eigenvalue weighted by Gasteiger charge is -2.26. The third-order valence-corrected chi connectivity index (χ3v) is 5.20. The highest BCUT2D eigenvalue weighted by Crippen LogP contribution is 2.24. The fourth-order valence-electron chi connectivity index (χ4n) is 1.85. The minimum absolute atomic E-state index is 0.233. The average molecular weight is 304 g/mol. The predicted molar refractivity (Wildman–Crippen MR) is 72.4 cm³/mol. The second-order valence-electron chi connectivity index (χ2n) is 4.34. The maximum atomic E-state index is 13.6. The Bertz CT molecular complexity index is 603. The molecule has 1 unspecified atom stereocenters. The Morgan fingerprint density at radius 2 is 2.00 bits per heavy atom. The second kappa shape index (κ2) is 6.27. The van der Waals surface area contributed by atoms with Crippen LogP contribution < -0.4 is 0 Å². The second-order valence-corrected chi connectivity index (χ2v) is 6.23. The summed E-state index contributed by atoms with van der Waals surface area (Å²) in [5, 5.41) is 10.5. The molecule has 0 saturated carbocycles. The molecule has 0 aromatic heterocycles. The van der Waals surface area contributed by atoms with Crippen LogP contribution in [0.5, 0.6) is 0 Å². The van der Waals surface area contributed by atoms with Crippen LogP contribution in [0.15, 0.2) is 23.1 Å². The molecule has 0 bridgehead atoms. The molecule has 0 saturated heterocycles. The summed E-state index contributed by atoms with van der Waals surface area (Å²) in [4.78, 5) is 9.37. The van der Waals surface area contributed by atoms with Gasteiger partial charge >= 0.3 is 5.69 Å². The van der Waals surface area contributed by atoms with Crippen LogP contribution in [0.25, 0.3) is 0 Å². The van der Waals surface area contributed by atoms with Crippen LogP contribution in [0.2, 0.25) is 0 Å². The van der Waals surface area contributed by atoms with Gasteiger partial charge in [0, 0.05) is 24.7 Å². The number of rotatable bonds is 6. The van der Waals surface area contributed by atoms with Crippen molar-refractivity contribution in [1.82, 2.24) is 4.31 Å². The van der Waals surface area contributed by atoms with Crippen molar-refractivity contribution in [3.8, 4) is 0 Å². The summed E-state index contributed by atoms with van der Waals surface area (Å²) in [5.41, 5.74) is -0.740. The first kappa shape index (κ1) is 16.5. The number of hydrogen-bond donors (Lipinski definition) is 0. The Hall–Kier alpha value is -1.54. The van der Waals surface area contributed by atoms with Crippen LogP contribution in [-0.4, -0.2) is 30.2 Å². The van der Waals surface area contributed by atoms with Gasteiger partial charge in [0.15, 0.2) is 0 Å². The third kappa shape index (κ3) is 3.13. The number of nitrogens with zero attached hydrogens (tertiary/aromatic N) is 2. The number of benzene rings is 1. The molecule has 0 amide bonds. The Morgan fingerprint density at radius 1 is 1.40 bits per heavy atom. The molecule has 1 aromatic rings. The van der Waals surface area contributed by atoms with E-state index < -0.39 is 26.5 Å². The van der Waals surface area contributed by atoms with Gasteiger partial charge in [0.1, 0.15) is 0 Å². The number of nitro groups is 1. The molecule has 112 valence electrons. The highest BCUT2D eigenvalue weighted by Gasteiger charge is 2.28. The van der Waals surface area contributed by atoms with Gasteiger partial charge in [0.25, 0.3) is 0 Å². The van der Waals surface area contributed by atoms with Crippen molar-refractivity contribution >= 4 is 15.7 Å². The van der Waals surface area contributed by atoms with Gasteiger partial charge in [-0.05, 0) is 19.4 Å². The van der Waals surface area contributed by atoms with Crippen LogP contribution in [0, 0.1) is 15.9 Å². The Balaban J connectivity index is 3.29. The van der Waals surface area contributed by atoms with E-state index in [0.717, 1.165) is 12.1 Å². The molecule has 0 aliphatic heterocycles. The first-order valence-corrected chi connectivity index (χ1v) is 7.65. The van der Waals surface area contributed by atoms with Crippen molar-refractivity contribution in [3.05, 3.63) is 34.1 Å². The molecule has 0 N–H and O–H groups in total. The lowest BCUT2D eigenvalue weighted by atomic mass is 10.3. The van der Waals surface area contributed by atoms with E-state index in [0.29, 0.717) is 12.5 Å². The minimum atomic E-state index is -3.86. The van der Waals surface area contributed by atoms with E-state index in [1.165, 1.54) is 4.31 Å². The van der Waals surface area contributed by atoms with E-state index >= 15 is 0 Å². The topological polar surface area (TPSA) is 80.5 Å². The normalized spacial score (nSPS) is 13.4. The van der Waals surface area contributed by atoms with Crippen LogP contribution in [-0.2, 0) is 10.0 Å². The predicted octanol–water partition coefficient (Wildman–Crippen LogP) is 2.54. The zero-order chi connectivity index (χ0) is 15.5. The summed E-state index contributed by atoms with van der Waals surface area (Å²) in [6.07, 6.45) is 0.614. The smallest absolute Gasteiger partial charge is 0.258 e. The molecule has 0 spiro atoms. The highest BCUT2D eigenvalue weighted by molar-refractivity contribution is 7.89. The van der Waals surface area contributed by atoms with Crippen LogP contribution in [0.3, 0.4) is 0 Å². The van der Waals surface area contributed by atoms with Crippen LogP contribution >= 0.6 is 0 Å². The molecule has 20 heavy (non-hydrogen) atoms. The quantitative estimate of drug-likeness (QED) is 0.597. The Labute approximate surface area is 117 Å². The van der Waals surface area contributed by atoms with Crippen LogP contribution in [0.4, 0.5) is 10.1 Å². The SMILES string of the molecule is CCC(C)N(CC)S(=O)(=O)c1ccc([N+](=O)[O-])c(F)c1. The van der Waals surface area contributed by atoms with Gasteiger partial charge in [-0.3, -0.25) is 10.1 Å². The molecule has 1 rings (SSSR count). The summed E-state index contributed by atoms with van der Waals surface area (Å²) in [6.45, 7) is 5.53. The summed E-state index contributed by atoms with van der Waals surface area (Å²) in [5.74, 6) is -1.16. The van der Waals surface area contributed by atoms with E-state index in [-0.39, 0.29) is 17.5 Å². The van der Waals surface area contributed by atoms with E-state index in [9.17, 15) is 22.9 Å². The average Bonchev–Trinajstić information content (AvgIpc) is 2.38. The van der Waals surface area contributed by atoms with Gasteiger partial charge < -0.3 is 0 Å². The van der Waals surface area contributed by atoms with Crippen molar-refractivity contribution < 1.29 is 17.7 Å². The number of nitro benzene ring substituents is 1. The zero-order valence-corrected chi connectivity index (χ0v) is 12.4. The first-order valence-electron chi connectivity index (χ1n) is 6.21. The summed E-state index contributed by atoms with van der Waals surface area (Å²) >= 11 is 0. The van der Waals surface area contributed by atoms with Gasteiger partial charge in [-0.15, -0.1) is 0 Å². The third-order valence-electron chi connectivity index (χ3n) is 3.12. The monoisotopic (exact) mass is 304 g/mol. The lowest BCUT2D eigenvalue weighted by Crippen LogP contribution is -2.38. The van der Waals surface area contributed by atoms with Gasteiger partial charge in [-0.2, -0.15) is 8.70 Å². The van der Waals surface area contributed by atoms with Crippen LogP contribution in [0.1, 0.15) is 27.2 Å². The molecule has 8 heteroatoms. The van der Waals surface area contributed by atoms with Crippen molar-refractivity contribution in [2.45, 2.75) is 38.1 Å². The van der Waals surface area contributed by atoms with Gasteiger partial charge in [-0.25, -0.2) is 8.42 Å². The largest absolute Gasteiger partial charge is 0.304 e. The van der Waals surface area contributed by atoms with Crippen molar-refractivity contribution in [3.63, 3.8) is 0 Å².